The second-order valence-corrected chi connectivity index (χ2v) is 5.63. The summed E-state index contributed by atoms with van der Waals surface area (Å²) >= 11 is 3.48. The highest BCUT2D eigenvalue weighted by Gasteiger charge is 2.16. The predicted octanol–water partition coefficient (Wildman–Crippen LogP) is 4.93. The summed E-state index contributed by atoms with van der Waals surface area (Å²) in [6.07, 6.45) is 7.15. The lowest BCUT2D eigenvalue weighted by Crippen LogP contribution is -2.06. The Bertz CT molecular complexity index is 503. The van der Waals surface area contributed by atoms with Crippen LogP contribution in [-0.2, 0) is 4.74 Å². The molecule has 4 nitrogen and oxygen atoms in total. The van der Waals surface area contributed by atoms with Crippen LogP contribution in [0.3, 0.4) is 0 Å². The molecule has 0 heterocycles. The molecule has 0 aliphatic carbocycles. The number of hydrogen-bond donors (Lipinski definition) is 0. The van der Waals surface area contributed by atoms with Crippen molar-refractivity contribution in [2.24, 2.45) is 0 Å². The smallest absolute Gasteiger partial charge is 0.338 e. The monoisotopic (exact) mass is 382 g/mol. The molecule has 0 spiro atoms. The summed E-state index contributed by atoms with van der Waals surface area (Å²) in [5, 5.41) is 0. The Labute approximate surface area is 146 Å². The van der Waals surface area contributed by atoms with Crippen LogP contribution >= 0.6 is 15.9 Å². The maximum atomic E-state index is 11.8. The molecule has 1 aromatic carbocycles. The number of ether oxygens (including phenoxy) is 3. The summed E-state index contributed by atoms with van der Waals surface area (Å²) in [7, 11) is 1.35. The molecule has 0 bridgehead atoms. The Morgan fingerprint density at radius 1 is 1.09 bits per heavy atom. The molecular formula is C18H23BrO4. The normalized spacial score (nSPS) is 10.0. The maximum absolute atomic E-state index is 11.8. The van der Waals surface area contributed by atoms with E-state index >= 15 is 0 Å². The van der Waals surface area contributed by atoms with E-state index in [4.69, 9.17) is 14.2 Å². The number of halogens is 1. The molecule has 1 rings (SSSR count). The van der Waals surface area contributed by atoms with Gasteiger partial charge in [-0.2, -0.15) is 0 Å². The van der Waals surface area contributed by atoms with Crippen LogP contribution in [0.25, 0.3) is 0 Å². The highest BCUT2D eigenvalue weighted by atomic mass is 79.9. The fraction of sp³-hybridized carbons (Fsp3) is 0.389. The average molecular weight is 383 g/mol. The van der Waals surface area contributed by atoms with Crippen LogP contribution in [0.4, 0.5) is 0 Å². The van der Waals surface area contributed by atoms with Crippen molar-refractivity contribution in [1.82, 2.24) is 0 Å². The second-order valence-electron chi connectivity index (χ2n) is 4.84. The van der Waals surface area contributed by atoms with Gasteiger partial charge in [0, 0.05) is 0 Å². The van der Waals surface area contributed by atoms with Crippen molar-refractivity contribution in [3.8, 4) is 11.5 Å². The van der Waals surface area contributed by atoms with E-state index in [9.17, 15) is 4.79 Å². The van der Waals surface area contributed by atoms with E-state index in [-0.39, 0.29) is 0 Å². The van der Waals surface area contributed by atoms with Gasteiger partial charge >= 0.3 is 5.97 Å². The minimum absolute atomic E-state index is 0.396. The highest BCUT2D eigenvalue weighted by Crippen LogP contribution is 2.36. The predicted molar refractivity (Wildman–Crippen MR) is 95.3 cm³/mol. The third-order valence-electron chi connectivity index (χ3n) is 3.05. The molecule has 0 N–H and O–H groups in total. The molecule has 0 aromatic heterocycles. The van der Waals surface area contributed by atoms with Crippen molar-refractivity contribution >= 4 is 21.9 Å². The van der Waals surface area contributed by atoms with Crippen molar-refractivity contribution < 1.29 is 19.0 Å². The van der Waals surface area contributed by atoms with Crippen LogP contribution in [0.15, 0.2) is 41.9 Å². The molecule has 0 fully saturated rings. The van der Waals surface area contributed by atoms with Gasteiger partial charge in [0.05, 0.1) is 25.9 Å². The van der Waals surface area contributed by atoms with Crippen LogP contribution in [0.2, 0.25) is 0 Å². The molecule has 1 aromatic rings. The zero-order valence-corrected chi connectivity index (χ0v) is 15.1. The van der Waals surface area contributed by atoms with E-state index in [2.05, 4.69) is 29.1 Å². The van der Waals surface area contributed by atoms with Crippen LogP contribution in [0, 0.1) is 0 Å². The minimum Gasteiger partial charge on any atom is -0.492 e. The van der Waals surface area contributed by atoms with E-state index in [1.807, 2.05) is 12.2 Å². The lowest BCUT2D eigenvalue weighted by Gasteiger charge is -2.14. The summed E-state index contributed by atoms with van der Waals surface area (Å²) < 4.78 is 17.0. The van der Waals surface area contributed by atoms with E-state index in [1.165, 1.54) is 7.11 Å². The summed E-state index contributed by atoms with van der Waals surface area (Å²) in [5.41, 5.74) is 0.396. The van der Waals surface area contributed by atoms with Crippen LogP contribution in [-0.4, -0.2) is 26.3 Å². The lowest BCUT2D eigenvalue weighted by atomic mass is 10.2. The first kappa shape index (κ1) is 19.3. The van der Waals surface area contributed by atoms with Gasteiger partial charge in [-0.25, -0.2) is 4.79 Å². The standard InChI is InChI=1S/C18H23BrO4/c1-4-6-8-10-22-15-12-14(18(20)21-3)13-16(17(15)19)23-11-9-7-5-2/h4-5,12-13H,1-2,6-11H2,3H3. The Balaban J connectivity index is 2.90. The van der Waals surface area contributed by atoms with Gasteiger partial charge in [-0.1, -0.05) is 12.2 Å². The van der Waals surface area contributed by atoms with Gasteiger partial charge in [-0.3, -0.25) is 0 Å². The van der Waals surface area contributed by atoms with Crippen molar-refractivity contribution in [1.29, 1.82) is 0 Å². The molecule has 0 atom stereocenters. The summed E-state index contributed by atoms with van der Waals surface area (Å²) in [4.78, 5) is 11.8. The second kappa shape index (κ2) is 10.9. The van der Waals surface area contributed by atoms with E-state index in [0.717, 1.165) is 25.7 Å². The molecule has 23 heavy (non-hydrogen) atoms. The summed E-state index contributed by atoms with van der Waals surface area (Å²) in [6, 6.07) is 3.31. The molecule has 0 unspecified atom stereocenters. The quantitative estimate of drug-likeness (QED) is 0.309. The third kappa shape index (κ3) is 6.48. The summed E-state index contributed by atoms with van der Waals surface area (Å²) in [6.45, 7) is 8.43. The Morgan fingerprint density at radius 3 is 1.96 bits per heavy atom. The van der Waals surface area contributed by atoms with Crippen molar-refractivity contribution in [3.05, 3.63) is 47.5 Å². The van der Waals surface area contributed by atoms with Crippen molar-refractivity contribution in [3.63, 3.8) is 0 Å². The molecule has 126 valence electrons. The molecule has 0 amide bonds. The molecule has 0 radical (unpaired) electrons. The average Bonchev–Trinajstić information content (AvgIpc) is 2.57. The number of carbonyl (C=O) groups excluding carboxylic acids is 1. The van der Waals surface area contributed by atoms with Crippen LogP contribution in [0.1, 0.15) is 36.0 Å². The van der Waals surface area contributed by atoms with E-state index in [1.54, 1.807) is 12.1 Å². The van der Waals surface area contributed by atoms with Gasteiger partial charge < -0.3 is 14.2 Å². The number of esters is 1. The Morgan fingerprint density at radius 2 is 1.57 bits per heavy atom. The molecule has 0 saturated carbocycles. The van der Waals surface area contributed by atoms with Crippen LogP contribution < -0.4 is 9.47 Å². The first-order valence-corrected chi connectivity index (χ1v) is 8.32. The van der Waals surface area contributed by atoms with Crippen LogP contribution in [0.5, 0.6) is 11.5 Å². The summed E-state index contributed by atoms with van der Waals surface area (Å²) in [5.74, 6) is 0.704. The Kier molecular flexibility index (Phi) is 9.14. The molecule has 0 aliphatic rings. The number of allylic oxidation sites excluding steroid dienone is 2. The van der Waals surface area contributed by atoms with Gasteiger partial charge in [0.2, 0.25) is 0 Å². The molecule has 5 heteroatoms. The van der Waals surface area contributed by atoms with Gasteiger partial charge in [0.1, 0.15) is 16.0 Å². The number of carbonyl (C=O) groups is 1. The first-order valence-electron chi connectivity index (χ1n) is 7.53. The topological polar surface area (TPSA) is 44.8 Å². The zero-order valence-electron chi connectivity index (χ0n) is 13.5. The fourth-order valence-corrected chi connectivity index (χ4v) is 2.30. The van der Waals surface area contributed by atoms with E-state index < -0.39 is 5.97 Å². The fourth-order valence-electron chi connectivity index (χ4n) is 1.84. The SMILES string of the molecule is C=CCCCOc1cc(C(=O)OC)cc(OCCCC=C)c1Br. The lowest BCUT2D eigenvalue weighted by molar-refractivity contribution is 0.0599. The number of unbranched alkanes of at least 4 members (excludes halogenated alkanes) is 2. The maximum Gasteiger partial charge on any atom is 0.338 e. The number of rotatable bonds is 11. The molecule has 0 aliphatic heterocycles. The first-order chi connectivity index (χ1) is 11.1. The van der Waals surface area contributed by atoms with Gasteiger partial charge in [-0.05, 0) is 53.7 Å². The zero-order chi connectivity index (χ0) is 17.1. The van der Waals surface area contributed by atoms with Gasteiger partial charge in [0.15, 0.2) is 0 Å². The minimum atomic E-state index is -0.426. The molecule has 0 saturated heterocycles. The largest absolute Gasteiger partial charge is 0.492 e. The van der Waals surface area contributed by atoms with E-state index in [0.29, 0.717) is 34.7 Å². The van der Waals surface area contributed by atoms with Gasteiger partial charge in [-0.15, -0.1) is 13.2 Å². The number of benzene rings is 1. The number of methoxy groups -OCH3 is 1. The molecular weight excluding hydrogens is 360 g/mol. The van der Waals surface area contributed by atoms with Crippen molar-refractivity contribution in [2.75, 3.05) is 20.3 Å². The van der Waals surface area contributed by atoms with Crippen molar-refractivity contribution in [2.45, 2.75) is 25.7 Å². The highest BCUT2D eigenvalue weighted by molar-refractivity contribution is 9.10. The number of hydrogen-bond acceptors (Lipinski definition) is 4. The Hall–Kier alpha value is -1.75. The third-order valence-corrected chi connectivity index (χ3v) is 3.83. The van der Waals surface area contributed by atoms with Gasteiger partial charge in [0.25, 0.3) is 0 Å².